The Labute approximate surface area is 93.8 Å². The second-order valence-corrected chi connectivity index (χ2v) is 5.16. The molecule has 0 heterocycles. The fourth-order valence-corrected chi connectivity index (χ4v) is 2.12. The van der Waals surface area contributed by atoms with Crippen molar-refractivity contribution in [3.8, 4) is 0 Å². The second-order valence-electron chi connectivity index (χ2n) is 3.13. The van der Waals surface area contributed by atoms with Crippen LogP contribution >= 0.6 is 0 Å². The zero-order valence-corrected chi connectivity index (χ0v) is 10.1. The van der Waals surface area contributed by atoms with E-state index in [4.69, 9.17) is 5.11 Å². The zero-order chi connectivity index (χ0) is 12.9. The highest BCUT2D eigenvalue weighted by molar-refractivity contribution is 7.90. The highest BCUT2D eigenvalue weighted by Gasteiger charge is 2.32. The molecule has 0 saturated heterocycles. The largest absolute Gasteiger partial charge is 0.480 e. The van der Waals surface area contributed by atoms with Gasteiger partial charge in [-0.25, -0.2) is 13.1 Å². The zero-order valence-electron chi connectivity index (χ0n) is 9.26. The van der Waals surface area contributed by atoms with Crippen molar-refractivity contribution < 1.29 is 27.9 Å². The number of hydrogen-bond donors (Lipinski definition) is 2. The van der Waals surface area contributed by atoms with Gasteiger partial charge in [-0.3, -0.25) is 9.59 Å². The number of sulfonamides is 1. The van der Waals surface area contributed by atoms with Crippen molar-refractivity contribution in [3.63, 3.8) is 0 Å². The predicted octanol–water partition coefficient (Wildman–Crippen LogP) is -0.669. The van der Waals surface area contributed by atoms with Crippen LogP contribution in [-0.2, 0) is 24.3 Å². The first-order valence-corrected chi connectivity index (χ1v) is 6.12. The Bertz CT molecular complexity index is 363. The minimum absolute atomic E-state index is 0.0858. The first-order chi connectivity index (χ1) is 7.26. The number of esters is 1. The quantitative estimate of drug-likeness (QED) is 0.607. The summed E-state index contributed by atoms with van der Waals surface area (Å²) in [5.41, 5.74) is 0. The van der Waals surface area contributed by atoms with Crippen LogP contribution in [0.5, 0.6) is 0 Å². The third-order valence-corrected chi connectivity index (χ3v) is 3.75. The van der Waals surface area contributed by atoms with Crippen molar-refractivity contribution in [2.75, 3.05) is 7.11 Å². The lowest BCUT2D eigenvalue weighted by molar-refractivity contribution is -0.140. The number of ether oxygens (including phenoxy) is 1. The van der Waals surface area contributed by atoms with Gasteiger partial charge in [0.15, 0.2) is 5.25 Å². The molecule has 94 valence electrons. The summed E-state index contributed by atoms with van der Waals surface area (Å²) >= 11 is 0. The van der Waals surface area contributed by atoms with E-state index < -0.39 is 33.3 Å². The minimum atomic E-state index is -4.03. The third kappa shape index (κ3) is 3.78. The molecule has 0 aliphatic rings. The van der Waals surface area contributed by atoms with Crippen LogP contribution in [0.1, 0.15) is 20.3 Å². The number of carboxylic acid groups (broad SMARTS) is 1. The number of carbonyl (C=O) groups excluding carboxylic acids is 1. The van der Waals surface area contributed by atoms with Gasteiger partial charge in [0.25, 0.3) is 0 Å². The van der Waals surface area contributed by atoms with Crippen LogP contribution in [0.2, 0.25) is 0 Å². The van der Waals surface area contributed by atoms with Crippen LogP contribution in [0.25, 0.3) is 0 Å². The molecular weight excluding hydrogens is 238 g/mol. The summed E-state index contributed by atoms with van der Waals surface area (Å²) in [6.45, 7) is 2.65. The Hall–Kier alpha value is -1.15. The molecule has 0 amide bonds. The lowest BCUT2D eigenvalue weighted by Gasteiger charge is -2.15. The summed E-state index contributed by atoms with van der Waals surface area (Å²) in [6.07, 6.45) is 0.0858. The molecule has 7 nitrogen and oxygen atoms in total. The molecule has 0 radical (unpaired) electrons. The molecule has 0 aromatic rings. The van der Waals surface area contributed by atoms with Gasteiger partial charge >= 0.3 is 11.9 Å². The van der Waals surface area contributed by atoms with Gasteiger partial charge in [0.2, 0.25) is 10.0 Å². The predicted molar refractivity (Wildman–Crippen MR) is 55.2 cm³/mol. The van der Waals surface area contributed by atoms with E-state index in [1.807, 2.05) is 4.72 Å². The van der Waals surface area contributed by atoms with Crippen LogP contribution in [0.15, 0.2) is 0 Å². The molecule has 0 aromatic heterocycles. The number of rotatable bonds is 6. The van der Waals surface area contributed by atoms with E-state index in [0.29, 0.717) is 0 Å². The molecule has 0 aliphatic heterocycles. The van der Waals surface area contributed by atoms with Crippen molar-refractivity contribution in [1.82, 2.24) is 4.72 Å². The van der Waals surface area contributed by atoms with Crippen LogP contribution in [0.3, 0.4) is 0 Å². The molecule has 0 aliphatic carbocycles. The molecule has 2 atom stereocenters. The summed E-state index contributed by atoms with van der Waals surface area (Å²) in [7, 11) is -2.97. The van der Waals surface area contributed by atoms with E-state index in [2.05, 4.69) is 4.74 Å². The number of hydrogen-bond acceptors (Lipinski definition) is 5. The Morgan fingerprint density at radius 3 is 2.25 bits per heavy atom. The Balaban J connectivity index is 4.81. The summed E-state index contributed by atoms with van der Waals surface area (Å²) in [5, 5.41) is 7.23. The van der Waals surface area contributed by atoms with Gasteiger partial charge in [-0.1, -0.05) is 6.92 Å². The van der Waals surface area contributed by atoms with Gasteiger partial charge in [0, 0.05) is 0 Å². The van der Waals surface area contributed by atoms with Crippen LogP contribution in [-0.4, -0.2) is 43.9 Å². The number of nitrogens with one attached hydrogen (secondary N) is 1. The molecule has 2 N–H and O–H groups in total. The van der Waals surface area contributed by atoms with E-state index in [0.717, 1.165) is 14.0 Å². The summed E-state index contributed by atoms with van der Waals surface area (Å²) < 4.78 is 29.3. The van der Waals surface area contributed by atoms with E-state index in [-0.39, 0.29) is 6.42 Å². The Morgan fingerprint density at radius 1 is 1.44 bits per heavy atom. The average Bonchev–Trinajstić information content (AvgIpc) is 2.23. The van der Waals surface area contributed by atoms with E-state index in [1.54, 1.807) is 0 Å². The molecular formula is C8H15NO6S. The monoisotopic (exact) mass is 253 g/mol. The van der Waals surface area contributed by atoms with Crippen molar-refractivity contribution in [2.45, 2.75) is 31.6 Å². The molecule has 0 aromatic carbocycles. The van der Waals surface area contributed by atoms with Crippen LogP contribution in [0.4, 0.5) is 0 Å². The second kappa shape index (κ2) is 5.80. The SMILES string of the molecule is CC[C@H](NS(=O)(=O)C(C)C(=O)OC)C(=O)O. The molecule has 1 unspecified atom stereocenters. The van der Waals surface area contributed by atoms with Crippen LogP contribution in [0, 0.1) is 0 Å². The third-order valence-electron chi connectivity index (χ3n) is 2.01. The van der Waals surface area contributed by atoms with Gasteiger partial charge in [0.1, 0.15) is 6.04 Å². The van der Waals surface area contributed by atoms with E-state index in [9.17, 15) is 18.0 Å². The maximum atomic E-state index is 11.5. The lowest BCUT2D eigenvalue weighted by Crippen LogP contribution is -2.46. The summed E-state index contributed by atoms with van der Waals surface area (Å²) in [6, 6.07) is -1.24. The first kappa shape index (κ1) is 14.8. The molecule has 16 heavy (non-hydrogen) atoms. The Morgan fingerprint density at radius 2 is 1.94 bits per heavy atom. The average molecular weight is 253 g/mol. The van der Waals surface area contributed by atoms with Gasteiger partial charge in [-0.2, -0.15) is 0 Å². The molecule has 0 bridgehead atoms. The Kier molecular flexibility index (Phi) is 5.39. The number of methoxy groups -OCH3 is 1. The molecule has 0 spiro atoms. The summed E-state index contributed by atoms with van der Waals surface area (Å²) in [4.78, 5) is 21.6. The number of carbonyl (C=O) groups is 2. The van der Waals surface area contributed by atoms with Gasteiger partial charge < -0.3 is 9.84 Å². The molecule has 0 fully saturated rings. The highest BCUT2D eigenvalue weighted by Crippen LogP contribution is 2.04. The van der Waals surface area contributed by atoms with E-state index in [1.165, 1.54) is 6.92 Å². The minimum Gasteiger partial charge on any atom is -0.480 e. The lowest BCUT2D eigenvalue weighted by atomic mass is 10.2. The molecule has 0 rings (SSSR count). The molecule has 8 heteroatoms. The maximum Gasteiger partial charge on any atom is 0.325 e. The first-order valence-electron chi connectivity index (χ1n) is 4.58. The van der Waals surface area contributed by atoms with Crippen molar-refractivity contribution in [3.05, 3.63) is 0 Å². The standard InChI is InChI=1S/C8H15NO6S/c1-4-6(7(10)11)9-16(13,14)5(2)8(12)15-3/h5-6,9H,4H2,1-3H3,(H,10,11)/t5?,6-/m0/s1. The normalized spacial score (nSPS) is 15.2. The molecule has 0 saturated carbocycles. The van der Waals surface area contributed by atoms with Gasteiger partial charge in [-0.05, 0) is 13.3 Å². The topological polar surface area (TPSA) is 110 Å². The van der Waals surface area contributed by atoms with Gasteiger partial charge in [-0.15, -0.1) is 0 Å². The van der Waals surface area contributed by atoms with Crippen molar-refractivity contribution in [2.24, 2.45) is 0 Å². The van der Waals surface area contributed by atoms with Crippen LogP contribution < -0.4 is 4.72 Å². The highest BCUT2D eigenvalue weighted by atomic mass is 32.2. The number of carboxylic acids is 1. The van der Waals surface area contributed by atoms with Crippen molar-refractivity contribution >= 4 is 22.0 Å². The van der Waals surface area contributed by atoms with Gasteiger partial charge in [0.05, 0.1) is 7.11 Å². The fourth-order valence-electron chi connectivity index (χ4n) is 0.901. The van der Waals surface area contributed by atoms with Crippen molar-refractivity contribution in [1.29, 1.82) is 0 Å². The summed E-state index contributed by atoms with van der Waals surface area (Å²) in [5.74, 6) is -2.23. The van der Waals surface area contributed by atoms with E-state index >= 15 is 0 Å². The number of aliphatic carboxylic acids is 1. The maximum absolute atomic E-state index is 11.5. The fraction of sp³-hybridized carbons (Fsp3) is 0.750. The smallest absolute Gasteiger partial charge is 0.325 e.